The van der Waals surface area contributed by atoms with Crippen molar-refractivity contribution in [1.82, 2.24) is 29.5 Å². The summed E-state index contributed by atoms with van der Waals surface area (Å²) < 4.78 is 17.1. The van der Waals surface area contributed by atoms with Crippen LogP contribution in [0.25, 0.3) is 22.7 Å². The zero-order valence-electron chi connectivity index (χ0n) is 18.9. The largest absolute Gasteiger partial charge is 0.306 e. The molecule has 9 nitrogen and oxygen atoms in total. The summed E-state index contributed by atoms with van der Waals surface area (Å²) >= 11 is 6.03. The number of aromatic nitrogens is 6. The molecule has 2 N–H and O–H groups in total. The van der Waals surface area contributed by atoms with E-state index in [2.05, 4.69) is 25.5 Å². The summed E-state index contributed by atoms with van der Waals surface area (Å²) in [5, 5.41) is 11.6. The van der Waals surface area contributed by atoms with E-state index in [1.54, 1.807) is 17.7 Å². The van der Waals surface area contributed by atoms with Gasteiger partial charge in [0, 0.05) is 6.07 Å². The van der Waals surface area contributed by atoms with Crippen LogP contribution >= 0.6 is 11.6 Å². The normalized spacial score (nSPS) is 11.2. The van der Waals surface area contributed by atoms with Crippen LogP contribution in [-0.4, -0.2) is 35.4 Å². The number of carbonyl (C=O) groups excluding carboxylic acids is 1. The average molecular weight is 492 g/mol. The Morgan fingerprint density at radius 1 is 1.11 bits per heavy atom. The minimum absolute atomic E-state index is 0.0318. The molecule has 5 aromatic rings. The molecule has 1 amide bonds. The molecule has 5 rings (SSSR count). The van der Waals surface area contributed by atoms with Gasteiger partial charge < -0.3 is 5.32 Å². The van der Waals surface area contributed by atoms with Gasteiger partial charge in [0.05, 0.1) is 28.2 Å². The average Bonchev–Trinajstić information content (AvgIpc) is 3.39. The maximum atomic E-state index is 14.3. The number of benzene rings is 2. The summed E-state index contributed by atoms with van der Waals surface area (Å²) in [4.78, 5) is 33.0. The van der Waals surface area contributed by atoms with E-state index in [4.69, 9.17) is 11.6 Å². The van der Waals surface area contributed by atoms with Crippen molar-refractivity contribution >= 4 is 34.4 Å². The molecule has 0 aliphatic heterocycles. The lowest BCUT2D eigenvalue weighted by Crippen LogP contribution is -2.20. The molecule has 0 saturated carbocycles. The lowest BCUT2D eigenvalue weighted by molar-refractivity contribution is 0.102. The second-order valence-corrected chi connectivity index (χ2v) is 8.44. The van der Waals surface area contributed by atoms with Crippen LogP contribution in [0.15, 0.2) is 53.5 Å². The summed E-state index contributed by atoms with van der Waals surface area (Å²) in [6.07, 6.45) is 1.45. The Morgan fingerprint density at radius 2 is 1.89 bits per heavy atom. The first kappa shape index (κ1) is 22.5. The SMILES string of the molecule is Cc1cc(NC(=O)c2c(F)cccc2Cl)n(-c2nc3c(cnn3-c3cccc(C)c3C)c(=O)[nH]2)n1. The Labute approximate surface area is 203 Å². The third-order valence-electron chi connectivity index (χ3n) is 5.69. The quantitative estimate of drug-likeness (QED) is 0.390. The van der Waals surface area contributed by atoms with Gasteiger partial charge in [0.1, 0.15) is 17.0 Å². The monoisotopic (exact) mass is 491 g/mol. The van der Waals surface area contributed by atoms with Crippen LogP contribution in [0.5, 0.6) is 0 Å². The van der Waals surface area contributed by atoms with Gasteiger partial charge in [-0.25, -0.2) is 9.07 Å². The van der Waals surface area contributed by atoms with E-state index in [0.29, 0.717) is 16.7 Å². The first-order chi connectivity index (χ1) is 16.7. The second-order valence-electron chi connectivity index (χ2n) is 8.04. The number of halogens is 2. The van der Waals surface area contributed by atoms with E-state index in [1.165, 1.54) is 23.0 Å². The van der Waals surface area contributed by atoms with E-state index in [1.807, 2.05) is 32.0 Å². The van der Waals surface area contributed by atoms with Gasteiger partial charge in [-0.05, 0) is 50.1 Å². The van der Waals surface area contributed by atoms with Gasteiger partial charge in [0.25, 0.3) is 11.5 Å². The fourth-order valence-electron chi connectivity index (χ4n) is 3.79. The van der Waals surface area contributed by atoms with Crippen LogP contribution in [0, 0.1) is 26.6 Å². The fourth-order valence-corrected chi connectivity index (χ4v) is 4.04. The molecule has 2 aromatic carbocycles. The number of nitrogens with zero attached hydrogens (tertiary/aromatic N) is 5. The zero-order valence-corrected chi connectivity index (χ0v) is 19.7. The number of nitrogens with one attached hydrogen (secondary N) is 2. The molecule has 11 heteroatoms. The van der Waals surface area contributed by atoms with E-state index < -0.39 is 17.3 Å². The highest BCUT2D eigenvalue weighted by Crippen LogP contribution is 2.23. The van der Waals surface area contributed by atoms with Gasteiger partial charge in [-0.3, -0.25) is 14.6 Å². The molecule has 0 atom stereocenters. The molecule has 0 radical (unpaired) electrons. The van der Waals surface area contributed by atoms with Gasteiger partial charge in [-0.1, -0.05) is 29.8 Å². The summed E-state index contributed by atoms with van der Waals surface area (Å²) in [6.45, 7) is 5.66. The zero-order chi connectivity index (χ0) is 24.9. The van der Waals surface area contributed by atoms with Crippen LogP contribution < -0.4 is 10.9 Å². The van der Waals surface area contributed by atoms with Gasteiger partial charge in [0.15, 0.2) is 5.65 Å². The van der Waals surface area contributed by atoms with Crippen LogP contribution in [0.1, 0.15) is 27.2 Å². The van der Waals surface area contributed by atoms with Crippen molar-refractivity contribution in [3.8, 4) is 11.6 Å². The van der Waals surface area contributed by atoms with Crippen molar-refractivity contribution in [2.24, 2.45) is 0 Å². The van der Waals surface area contributed by atoms with Crippen LogP contribution in [0.3, 0.4) is 0 Å². The van der Waals surface area contributed by atoms with Crippen molar-refractivity contribution in [2.75, 3.05) is 5.32 Å². The van der Waals surface area contributed by atoms with E-state index in [-0.39, 0.29) is 22.4 Å². The molecule has 0 bridgehead atoms. The van der Waals surface area contributed by atoms with Gasteiger partial charge in [0.2, 0.25) is 5.95 Å². The van der Waals surface area contributed by atoms with Crippen molar-refractivity contribution in [3.05, 3.63) is 92.2 Å². The summed E-state index contributed by atoms with van der Waals surface area (Å²) in [6, 6.07) is 11.3. The Bertz CT molecular complexity index is 1670. The number of hydrogen-bond donors (Lipinski definition) is 2. The van der Waals surface area contributed by atoms with Gasteiger partial charge in [-0.2, -0.15) is 19.9 Å². The number of carbonyl (C=O) groups is 1. The highest BCUT2D eigenvalue weighted by molar-refractivity contribution is 6.34. The predicted molar refractivity (Wildman–Crippen MR) is 130 cm³/mol. The standard InChI is InChI=1S/C24H19ClFN7O2/c1-12-6-4-9-18(14(12)3)32-21-15(11-27-32)22(34)30-24(29-21)33-19(10-13(2)31-33)28-23(35)20-16(25)7-5-8-17(20)26/h4-11H,1-3H3,(H,28,35)(H,29,30,34). The smallest absolute Gasteiger partial charge is 0.263 e. The van der Waals surface area contributed by atoms with Crippen LogP contribution in [0.4, 0.5) is 10.2 Å². The number of hydrogen-bond acceptors (Lipinski definition) is 5. The van der Waals surface area contributed by atoms with Crippen molar-refractivity contribution in [1.29, 1.82) is 0 Å². The molecule has 35 heavy (non-hydrogen) atoms. The molecule has 0 fully saturated rings. The lowest BCUT2D eigenvalue weighted by atomic mass is 10.1. The first-order valence-electron chi connectivity index (χ1n) is 10.6. The number of aromatic amines is 1. The number of H-pyrrole nitrogens is 1. The number of amides is 1. The molecule has 0 aliphatic carbocycles. The third-order valence-corrected chi connectivity index (χ3v) is 6.01. The Kier molecular flexibility index (Phi) is 5.45. The molecule has 0 saturated heterocycles. The second kappa shape index (κ2) is 8.48. The number of aryl methyl sites for hydroxylation is 2. The van der Waals surface area contributed by atoms with Gasteiger partial charge >= 0.3 is 0 Å². The Hall–Kier alpha value is -4.31. The first-order valence-corrected chi connectivity index (χ1v) is 11.0. The number of anilines is 1. The van der Waals surface area contributed by atoms with Gasteiger partial charge in [-0.15, -0.1) is 0 Å². The third kappa shape index (κ3) is 3.87. The summed E-state index contributed by atoms with van der Waals surface area (Å²) in [5.74, 6) is -1.30. The number of fused-ring (bicyclic) bond motifs is 1. The van der Waals surface area contributed by atoms with E-state index in [0.717, 1.165) is 22.9 Å². The highest BCUT2D eigenvalue weighted by Gasteiger charge is 2.21. The maximum Gasteiger partial charge on any atom is 0.263 e. The summed E-state index contributed by atoms with van der Waals surface area (Å²) in [5.41, 5.74) is 2.96. The lowest BCUT2D eigenvalue weighted by Gasteiger charge is -2.11. The molecule has 0 unspecified atom stereocenters. The predicted octanol–water partition coefficient (Wildman–Crippen LogP) is 4.26. The van der Waals surface area contributed by atoms with Crippen molar-refractivity contribution < 1.29 is 9.18 Å². The Balaban J connectivity index is 1.62. The minimum atomic E-state index is -0.766. The van der Waals surface area contributed by atoms with Crippen LogP contribution in [0.2, 0.25) is 5.02 Å². The van der Waals surface area contributed by atoms with Crippen molar-refractivity contribution in [3.63, 3.8) is 0 Å². The molecule has 176 valence electrons. The maximum absolute atomic E-state index is 14.3. The fraction of sp³-hybridized carbons (Fsp3) is 0.125. The molecule has 3 heterocycles. The molecule has 3 aromatic heterocycles. The highest BCUT2D eigenvalue weighted by atomic mass is 35.5. The molecular weight excluding hydrogens is 473 g/mol. The van der Waals surface area contributed by atoms with Crippen molar-refractivity contribution in [2.45, 2.75) is 20.8 Å². The Morgan fingerprint density at radius 3 is 2.66 bits per heavy atom. The van der Waals surface area contributed by atoms with E-state index in [9.17, 15) is 14.0 Å². The van der Waals surface area contributed by atoms with Crippen LogP contribution in [-0.2, 0) is 0 Å². The minimum Gasteiger partial charge on any atom is -0.306 e. The summed E-state index contributed by atoms with van der Waals surface area (Å²) in [7, 11) is 0. The van der Waals surface area contributed by atoms with E-state index >= 15 is 0 Å². The number of rotatable bonds is 4. The molecular formula is C24H19ClFN7O2. The molecule has 0 spiro atoms. The molecule has 0 aliphatic rings. The topological polar surface area (TPSA) is 110 Å².